The number of likely N-dealkylation sites (N-methyl/N-ethyl adjacent to an activating group) is 1. The minimum absolute atomic E-state index is 0.913. The lowest BCUT2D eigenvalue weighted by molar-refractivity contribution is 0.457. The van der Waals surface area contributed by atoms with Gasteiger partial charge in [-0.05, 0) is 56.4 Å². The molecule has 2 rings (SSSR count). The second-order valence-corrected chi connectivity index (χ2v) is 4.86. The first kappa shape index (κ1) is 13.4. The van der Waals surface area contributed by atoms with Crippen molar-refractivity contribution >= 4 is 6.08 Å². The van der Waals surface area contributed by atoms with Crippen LogP contribution in [-0.2, 0) is 0 Å². The number of nitrogens with zero attached hydrogens (tertiary/aromatic N) is 3. The van der Waals surface area contributed by atoms with Gasteiger partial charge in [0, 0.05) is 18.9 Å². The summed E-state index contributed by atoms with van der Waals surface area (Å²) < 4.78 is 0. The van der Waals surface area contributed by atoms with E-state index in [-0.39, 0.29) is 0 Å². The van der Waals surface area contributed by atoms with Crippen molar-refractivity contribution in [1.82, 2.24) is 14.9 Å². The molecule has 0 radical (unpaired) electrons. The smallest absolute Gasteiger partial charge is 0.0892 e. The third-order valence-electron chi connectivity index (χ3n) is 2.74. The first-order chi connectivity index (χ1) is 9.15. The summed E-state index contributed by atoms with van der Waals surface area (Å²) in [6.45, 7) is 2.99. The molecule has 0 unspecified atom stereocenters. The molecule has 0 fully saturated rings. The zero-order valence-corrected chi connectivity index (χ0v) is 11.7. The Hall–Kier alpha value is -2.00. The zero-order valence-electron chi connectivity index (χ0n) is 11.7. The van der Waals surface area contributed by atoms with Crippen molar-refractivity contribution in [3.8, 4) is 11.4 Å². The van der Waals surface area contributed by atoms with E-state index in [1.165, 1.54) is 5.56 Å². The van der Waals surface area contributed by atoms with Crippen LogP contribution in [0.5, 0.6) is 0 Å². The molecule has 0 aliphatic carbocycles. The second kappa shape index (κ2) is 6.25. The fraction of sp³-hybridized carbons (Fsp3) is 0.250. The third-order valence-corrected chi connectivity index (χ3v) is 2.74. The van der Waals surface area contributed by atoms with E-state index in [0.717, 1.165) is 23.5 Å². The highest BCUT2D eigenvalue weighted by molar-refractivity contribution is 5.60. The average molecular weight is 253 g/mol. The van der Waals surface area contributed by atoms with Gasteiger partial charge in [0.05, 0.1) is 11.4 Å². The fourth-order valence-electron chi connectivity index (χ4n) is 1.77. The van der Waals surface area contributed by atoms with E-state index in [9.17, 15) is 0 Å². The van der Waals surface area contributed by atoms with E-state index in [4.69, 9.17) is 0 Å². The summed E-state index contributed by atoms with van der Waals surface area (Å²) in [5.41, 5.74) is 4.18. The largest absolute Gasteiger partial charge is 0.306 e. The summed E-state index contributed by atoms with van der Waals surface area (Å²) in [6.07, 6.45) is 7.90. The predicted molar refractivity (Wildman–Crippen MR) is 79.8 cm³/mol. The number of hydrogen-bond acceptors (Lipinski definition) is 3. The van der Waals surface area contributed by atoms with E-state index < -0.39 is 0 Å². The van der Waals surface area contributed by atoms with Gasteiger partial charge in [0.25, 0.3) is 0 Å². The van der Waals surface area contributed by atoms with Crippen LogP contribution in [0.25, 0.3) is 17.5 Å². The van der Waals surface area contributed by atoms with Crippen LogP contribution < -0.4 is 0 Å². The van der Waals surface area contributed by atoms with Crippen LogP contribution in [0.1, 0.15) is 11.1 Å². The van der Waals surface area contributed by atoms with Crippen LogP contribution in [-0.4, -0.2) is 35.5 Å². The van der Waals surface area contributed by atoms with E-state index in [1.54, 1.807) is 0 Å². The van der Waals surface area contributed by atoms with Gasteiger partial charge in [-0.3, -0.25) is 9.97 Å². The summed E-state index contributed by atoms with van der Waals surface area (Å²) in [5.74, 6) is 0. The lowest BCUT2D eigenvalue weighted by Crippen LogP contribution is -2.10. The van der Waals surface area contributed by atoms with Gasteiger partial charge < -0.3 is 4.90 Å². The molecule has 0 aliphatic heterocycles. The maximum absolute atomic E-state index is 4.39. The molecule has 0 spiro atoms. The van der Waals surface area contributed by atoms with Crippen molar-refractivity contribution in [1.29, 1.82) is 0 Å². The monoisotopic (exact) mass is 253 g/mol. The molecule has 0 amide bonds. The molecule has 0 saturated carbocycles. The molecule has 0 atom stereocenters. The minimum atomic E-state index is 0.913. The van der Waals surface area contributed by atoms with E-state index in [1.807, 2.05) is 24.5 Å². The van der Waals surface area contributed by atoms with Gasteiger partial charge in [-0.2, -0.15) is 0 Å². The van der Waals surface area contributed by atoms with Crippen molar-refractivity contribution in [3.63, 3.8) is 0 Å². The molecule has 0 bridgehead atoms. The highest BCUT2D eigenvalue weighted by Gasteiger charge is 2.01. The van der Waals surface area contributed by atoms with Crippen LogP contribution in [0.3, 0.4) is 0 Å². The SMILES string of the molecule is Cc1ccnc(-c2cc(/C=C/CN(C)C)ccn2)c1. The van der Waals surface area contributed by atoms with E-state index in [2.05, 4.69) is 60.2 Å². The lowest BCUT2D eigenvalue weighted by atomic mass is 10.1. The second-order valence-electron chi connectivity index (χ2n) is 4.86. The Labute approximate surface area is 114 Å². The van der Waals surface area contributed by atoms with Crippen LogP contribution in [0.15, 0.2) is 42.7 Å². The lowest BCUT2D eigenvalue weighted by Gasteiger charge is -2.04. The van der Waals surface area contributed by atoms with Crippen LogP contribution >= 0.6 is 0 Å². The van der Waals surface area contributed by atoms with Gasteiger partial charge in [-0.15, -0.1) is 0 Å². The Morgan fingerprint density at radius 2 is 1.74 bits per heavy atom. The molecule has 3 nitrogen and oxygen atoms in total. The summed E-state index contributed by atoms with van der Waals surface area (Å²) in [7, 11) is 4.11. The van der Waals surface area contributed by atoms with Crippen LogP contribution in [0.2, 0.25) is 0 Å². The Morgan fingerprint density at radius 1 is 1.05 bits per heavy atom. The molecule has 0 aromatic carbocycles. The number of hydrogen-bond donors (Lipinski definition) is 0. The number of pyridine rings is 2. The van der Waals surface area contributed by atoms with Gasteiger partial charge in [0.2, 0.25) is 0 Å². The van der Waals surface area contributed by atoms with Gasteiger partial charge in [0.1, 0.15) is 0 Å². The van der Waals surface area contributed by atoms with Crippen molar-refractivity contribution in [2.24, 2.45) is 0 Å². The summed E-state index contributed by atoms with van der Waals surface area (Å²) in [5, 5.41) is 0. The van der Waals surface area contributed by atoms with Crippen LogP contribution in [0.4, 0.5) is 0 Å². The molecule has 3 heteroatoms. The Morgan fingerprint density at radius 3 is 2.42 bits per heavy atom. The first-order valence-electron chi connectivity index (χ1n) is 6.35. The maximum atomic E-state index is 4.39. The van der Waals surface area contributed by atoms with E-state index >= 15 is 0 Å². The quantitative estimate of drug-likeness (QED) is 0.838. The molecule has 0 N–H and O–H groups in total. The first-order valence-corrected chi connectivity index (χ1v) is 6.35. The standard InChI is InChI=1S/C16H19N3/c1-13-6-8-17-15(11-13)16-12-14(7-9-18-16)5-4-10-19(2)3/h4-9,11-12H,10H2,1-3H3/b5-4+. The van der Waals surface area contributed by atoms with Crippen molar-refractivity contribution in [3.05, 3.63) is 53.9 Å². The highest BCUT2D eigenvalue weighted by Crippen LogP contribution is 2.16. The molecular formula is C16H19N3. The molecular weight excluding hydrogens is 234 g/mol. The number of aryl methyl sites for hydroxylation is 1. The molecule has 2 aromatic rings. The molecule has 2 heterocycles. The summed E-state index contributed by atoms with van der Waals surface area (Å²) in [6, 6.07) is 8.11. The molecule has 0 saturated heterocycles. The third kappa shape index (κ3) is 4.00. The molecule has 98 valence electrons. The molecule has 2 aromatic heterocycles. The number of rotatable bonds is 4. The minimum Gasteiger partial charge on any atom is -0.306 e. The Kier molecular flexibility index (Phi) is 4.42. The summed E-state index contributed by atoms with van der Waals surface area (Å²) >= 11 is 0. The van der Waals surface area contributed by atoms with Gasteiger partial charge >= 0.3 is 0 Å². The Bertz CT molecular complexity index is 574. The van der Waals surface area contributed by atoms with Crippen LogP contribution in [0, 0.1) is 6.92 Å². The van der Waals surface area contributed by atoms with Crippen molar-refractivity contribution in [2.75, 3.05) is 20.6 Å². The predicted octanol–water partition coefficient (Wildman–Crippen LogP) is 3.03. The van der Waals surface area contributed by atoms with Gasteiger partial charge in [0.15, 0.2) is 0 Å². The van der Waals surface area contributed by atoms with Crippen molar-refractivity contribution in [2.45, 2.75) is 6.92 Å². The maximum Gasteiger partial charge on any atom is 0.0892 e. The fourth-order valence-corrected chi connectivity index (χ4v) is 1.77. The number of aromatic nitrogens is 2. The average Bonchev–Trinajstić information content (AvgIpc) is 2.39. The topological polar surface area (TPSA) is 29.0 Å². The summed E-state index contributed by atoms with van der Waals surface area (Å²) in [4.78, 5) is 10.9. The Balaban J connectivity index is 2.22. The molecule has 19 heavy (non-hydrogen) atoms. The molecule has 0 aliphatic rings. The van der Waals surface area contributed by atoms with Crippen molar-refractivity contribution < 1.29 is 0 Å². The van der Waals surface area contributed by atoms with E-state index in [0.29, 0.717) is 0 Å². The normalized spacial score (nSPS) is 11.4. The van der Waals surface area contributed by atoms with Gasteiger partial charge in [-0.1, -0.05) is 12.2 Å². The van der Waals surface area contributed by atoms with Gasteiger partial charge in [-0.25, -0.2) is 0 Å². The zero-order chi connectivity index (χ0) is 13.7. The highest BCUT2D eigenvalue weighted by atomic mass is 15.0.